The summed E-state index contributed by atoms with van der Waals surface area (Å²) in [6, 6.07) is 15.6. The van der Waals surface area contributed by atoms with Gasteiger partial charge < -0.3 is 61.6 Å². The molecule has 3 radical (unpaired) electrons. The van der Waals surface area contributed by atoms with E-state index in [2.05, 4.69) is 70.1 Å². The quantitative estimate of drug-likeness (QED) is 0.0380. The van der Waals surface area contributed by atoms with Gasteiger partial charge in [-0.2, -0.15) is 13.2 Å². The molecule has 1 aromatic carbocycles. The van der Waals surface area contributed by atoms with E-state index in [1.54, 1.807) is 66.6 Å². The zero-order chi connectivity index (χ0) is 68.9. The summed E-state index contributed by atoms with van der Waals surface area (Å²) >= 11 is 18.7. The molecule has 0 unspecified atom stereocenters. The summed E-state index contributed by atoms with van der Waals surface area (Å²) in [6.45, 7) is 15.5. The number of aromatic nitrogens is 3. The largest absolute Gasteiger partial charge is 1.00 e. The Balaban J connectivity index is 0.000000366. The number of nitrogens with zero attached hydrogens (tertiary/aromatic N) is 10. The van der Waals surface area contributed by atoms with Crippen LogP contribution in [0.5, 0.6) is 5.75 Å². The Hall–Kier alpha value is -5.43. The van der Waals surface area contributed by atoms with Crippen LogP contribution < -0.4 is 49.0 Å². The monoisotopic (exact) mass is 1370 g/mol. The second-order valence-electron chi connectivity index (χ2n) is 25.6. The van der Waals surface area contributed by atoms with Crippen molar-refractivity contribution in [1.82, 2.24) is 34.6 Å². The van der Waals surface area contributed by atoms with Crippen molar-refractivity contribution in [2.24, 2.45) is 16.2 Å². The molecular formula is C66H93BCl3F3N10NaO9. The van der Waals surface area contributed by atoms with E-state index in [0.717, 1.165) is 93.2 Å². The number of carbonyl (C=O) groups is 6. The second-order valence-corrected chi connectivity index (χ2v) is 26.6. The van der Waals surface area contributed by atoms with Crippen LogP contribution >= 0.6 is 34.8 Å². The van der Waals surface area contributed by atoms with E-state index in [4.69, 9.17) is 39.5 Å². The van der Waals surface area contributed by atoms with Crippen molar-refractivity contribution >= 4 is 96.2 Å². The molecule has 4 aromatic rings. The van der Waals surface area contributed by atoms with E-state index in [0.29, 0.717) is 65.4 Å². The molecule has 93 heavy (non-hydrogen) atoms. The van der Waals surface area contributed by atoms with Gasteiger partial charge >= 0.3 is 35.7 Å². The first-order chi connectivity index (χ1) is 43.1. The normalized spacial score (nSPS) is 16.1. The number of benzene rings is 1. The van der Waals surface area contributed by atoms with Gasteiger partial charge in [0.25, 0.3) is 29.2 Å². The van der Waals surface area contributed by atoms with Crippen LogP contribution in [0.4, 0.5) is 30.6 Å². The molecule has 1 atom stereocenters. The van der Waals surface area contributed by atoms with Gasteiger partial charge in [-0.3, -0.25) is 24.0 Å². The van der Waals surface area contributed by atoms with Gasteiger partial charge in [0, 0.05) is 114 Å². The predicted molar refractivity (Wildman–Crippen MR) is 357 cm³/mol. The number of pyridine rings is 3. The Morgan fingerprint density at radius 2 is 0.978 bits per heavy atom. The number of aldehydes is 1. The Morgan fingerprint density at radius 1 is 0.624 bits per heavy atom. The molecule has 0 bridgehead atoms. The number of likely N-dealkylation sites (N-methyl/N-ethyl adjacent to an activating group) is 1. The van der Waals surface area contributed by atoms with Crippen molar-refractivity contribution < 1.29 is 86.0 Å². The molecule has 7 rings (SSSR count). The molecule has 3 saturated heterocycles. The first-order valence-electron chi connectivity index (χ1n) is 31.0. The summed E-state index contributed by atoms with van der Waals surface area (Å²) in [4.78, 5) is 94.5. The van der Waals surface area contributed by atoms with Crippen molar-refractivity contribution in [1.29, 1.82) is 0 Å². The molecule has 6 heterocycles. The fourth-order valence-corrected chi connectivity index (χ4v) is 11.9. The van der Waals surface area contributed by atoms with Crippen molar-refractivity contribution in [3.8, 4) is 5.75 Å². The van der Waals surface area contributed by atoms with Crippen molar-refractivity contribution in [3.63, 3.8) is 0 Å². The van der Waals surface area contributed by atoms with Crippen molar-refractivity contribution in [2.45, 2.75) is 136 Å². The van der Waals surface area contributed by atoms with Gasteiger partial charge in [-0.25, -0.2) is 15.0 Å². The molecule has 0 spiro atoms. The predicted octanol–water partition coefficient (Wildman–Crippen LogP) is 9.02. The van der Waals surface area contributed by atoms with Gasteiger partial charge in [0.05, 0.1) is 23.8 Å². The van der Waals surface area contributed by atoms with E-state index in [1.807, 2.05) is 12.1 Å². The van der Waals surface area contributed by atoms with E-state index >= 15 is 0 Å². The molecule has 0 aliphatic carbocycles. The number of carbonyl (C=O) groups excluding carboxylic acids is 6. The zero-order valence-electron chi connectivity index (χ0n) is 56.7. The number of hydrogen-bond acceptors (Lipinski definition) is 15. The van der Waals surface area contributed by atoms with E-state index < -0.39 is 29.2 Å². The van der Waals surface area contributed by atoms with Crippen LogP contribution in [0.25, 0.3) is 0 Å². The number of ether oxygens (including phenoxy) is 1. The molecule has 3 aromatic heterocycles. The van der Waals surface area contributed by atoms with Gasteiger partial charge in [-0.15, -0.1) is 0 Å². The Kier molecular flexibility index (Phi) is 32.7. The van der Waals surface area contributed by atoms with Gasteiger partial charge in [0.2, 0.25) is 5.97 Å². The van der Waals surface area contributed by atoms with Crippen LogP contribution in [0.2, 0.25) is 15.5 Å². The maximum absolute atomic E-state index is 14.0. The first-order valence-corrected chi connectivity index (χ1v) is 32.2. The number of halogens is 6. The molecule has 3 aliphatic rings. The van der Waals surface area contributed by atoms with Crippen LogP contribution in [-0.4, -0.2) is 192 Å². The number of piperidine rings is 3. The Labute approximate surface area is 586 Å². The molecule has 4 amide bonds. The molecule has 3 fully saturated rings. The fourth-order valence-electron chi connectivity index (χ4n) is 11.2. The number of hydrogen-bond donors (Lipinski definition) is 1. The molecule has 507 valence electrons. The van der Waals surface area contributed by atoms with E-state index in [1.165, 1.54) is 86.4 Å². The van der Waals surface area contributed by atoms with Crippen LogP contribution in [0, 0.1) is 16.2 Å². The molecular weight excluding hydrogens is 1270 g/mol. The minimum absolute atomic E-state index is 0. The van der Waals surface area contributed by atoms with Crippen LogP contribution in [0.15, 0.2) is 60.7 Å². The van der Waals surface area contributed by atoms with Gasteiger partial charge in [0.1, 0.15) is 44.9 Å². The number of unbranched alkanes of at least 4 members (excludes halogenated alkanes) is 2. The number of aliphatic hydroxyl groups is 1. The summed E-state index contributed by atoms with van der Waals surface area (Å²) in [5.74, 6) is 0.0827. The van der Waals surface area contributed by atoms with E-state index in [9.17, 15) is 47.0 Å². The summed E-state index contributed by atoms with van der Waals surface area (Å²) in [7, 11) is 17.0. The number of anilines is 3. The van der Waals surface area contributed by atoms with Crippen LogP contribution in [0.1, 0.15) is 161 Å². The molecule has 27 heteroatoms. The van der Waals surface area contributed by atoms with Crippen molar-refractivity contribution in [3.05, 3.63) is 98.4 Å². The number of methoxy groups -OCH3 is 1. The summed E-state index contributed by atoms with van der Waals surface area (Å²) in [5, 5.41) is 11.4. The summed E-state index contributed by atoms with van der Waals surface area (Å²) in [6.07, 6.45) is 9.80. The molecule has 1 N–H and O–H groups in total. The Morgan fingerprint density at radius 3 is 1.28 bits per heavy atom. The number of amides is 4. The third kappa shape index (κ3) is 23.4. The van der Waals surface area contributed by atoms with Gasteiger partial charge in [-0.1, -0.05) is 93.9 Å². The van der Waals surface area contributed by atoms with E-state index in [-0.39, 0.29) is 80.7 Å². The summed E-state index contributed by atoms with van der Waals surface area (Å²) < 4.78 is 50.7. The Bertz CT molecular complexity index is 3110. The van der Waals surface area contributed by atoms with Gasteiger partial charge in [-0.05, 0) is 129 Å². The third-order valence-electron chi connectivity index (χ3n) is 17.5. The maximum atomic E-state index is 14.0. The van der Waals surface area contributed by atoms with Gasteiger partial charge in [0.15, 0.2) is 0 Å². The fraction of sp³-hybridized carbons (Fsp3) is 0.591. The van der Waals surface area contributed by atoms with Crippen molar-refractivity contribution in [2.75, 3.05) is 117 Å². The second kappa shape index (κ2) is 37.2. The topological polar surface area (TPSA) is 202 Å². The molecule has 0 saturated carbocycles. The SMILES string of the molecule is CCCCCC1(C)CCN(c2ccc(C(=O)N(C)C)c(Cl)n2)CC1.CN(C)C(=O)c1ccc(N2CCC(C)(CCC=O)CC2)nc1Cl.COc1cccc([C@@](O)(C(=O)N(C)CCCC2(C)CCN(c3ccc(C(=O)N(C)C)c(Cl)n3)CC2)C(F)(F)F)c1.[B-]OC(C)=O.[Na+]. The third-order valence-corrected chi connectivity index (χ3v) is 18.4. The molecule has 19 nitrogen and oxygen atoms in total. The minimum Gasteiger partial charge on any atom is -0.793 e. The average molecular weight is 1370 g/mol. The first kappa shape index (κ1) is 81.8. The molecule has 3 aliphatic heterocycles. The number of alkyl halides is 3. The zero-order valence-corrected chi connectivity index (χ0v) is 61.0. The minimum atomic E-state index is -5.22. The van der Waals surface area contributed by atoms with Crippen LogP contribution in [-0.2, 0) is 24.6 Å². The standard InChI is InChI=1S/C28H36ClF3N4O4.C19H30ClN3O.C17H24ClN3O2.C2H3BO2.Na/c1-26(13-16-36(17-14-26)22-11-10-21(23(29)33-22)24(37)34(2)3)12-7-15-35(4)25(38)27(39,28(30,31)32)19-8-6-9-20(18-19)40-5;1-5-6-7-10-19(2)11-13-23(14-12-19)16-9-8-15(17(20)21-16)18(24)22(3)4;1-17(7-4-12-22)8-10-21(11-9-17)14-6-5-13(15(18)19-14)16(23)20(2)3;1-2(4)5-3;/h6,8-11,18,39H,7,12-17H2,1-5H3;8-9H,5-7,10-14H2,1-4H3;5-6,12H,4,7-11H2,1-3H3;1H3;/q;;;-1;+1/t27-;;;;/m1..../s1. The smallest absolute Gasteiger partial charge is 0.793 e. The maximum Gasteiger partial charge on any atom is 1.00 e. The number of rotatable bonds is 20. The van der Waals surface area contributed by atoms with Crippen LogP contribution in [0.3, 0.4) is 0 Å². The summed E-state index contributed by atoms with van der Waals surface area (Å²) in [5.41, 5.74) is -2.47. The average Bonchev–Trinajstić information content (AvgIpc) is 0.771.